The van der Waals surface area contributed by atoms with E-state index in [9.17, 15) is 9.18 Å². The van der Waals surface area contributed by atoms with Crippen molar-refractivity contribution in [3.8, 4) is 0 Å². The first kappa shape index (κ1) is 15.0. The fraction of sp³-hybridized carbons (Fsp3) is 0.562. The molecule has 1 N–H and O–H groups in total. The van der Waals surface area contributed by atoms with Crippen LogP contribution in [0.25, 0.3) is 0 Å². The van der Waals surface area contributed by atoms with Gasteiger partial charge in [-0.3, -0.25) is 4.79 Å². The van der Waals surface area contributed by atoms with Gasteiger partial charge in [-0.1, -0.05) is 26.0 Å². The summed E-state index contributed by atoms with van der Waals surface area (Å²) in [6.45, 7) is 5.66. The SMILES string of the molecule is CC(C)NC1CCCN(CCc2ccc(F)cc2)C1=O. The van der Waals surface area contributed by atoms with Gasteiger partial charge in [0.15, 0.2) is 0 Å². The average Bonchev–Trinajstić information content (AvgIpc) is 2.41. The van der Waals surface area contributed by atoms with Crippen molar-refractivity contribution in [1.29, 1.82) is 0 Å². The molecule has 1 amide bonds. The number of halogens is 1. The molecular formula is C16H23FN2O. The molecule has 1 aromatic rings. The summed E-state index contributed by atoms with van der Waals surface area (Å²) in [6, 6.07) is 6.78. The van der Waals surface area contributed by atoms with Crippen molar-refractivity contribution in [2.45, 2.75) is 45.2 Å². The molecule has 0 spiro atoms. The zero-order valence-corrected chi connectivity index (χ0v) is 12.2. The molecule has 1 saturated heterocycles. The normalized spacial score (nSPS) is 19.7. The third kappa shape index (κ3) is 4.04. The van der Waals surface area contributed by atoms with Crippen molar-refractivity contribution in [2.24, 2.45) is 0 Å². The first-order chi connectivity index (χ1) is 9.56. The number of amides is 1. The quantitative estimate of drug-likeness (QED) is 0.896. The van der Waals surface area contributed by atoms with Crippen LogP contribution in [0, 0.1) is 5.82 Å². The van der Waals surface area contributed by atoms with Crippen LogP contribution in [0.15, 0.2) is 24.3 Å². The lowest BCUT2D eigenvalue weighted by Gasteiger charge is -2.33. The largest absolute Gasteiger partial charge is 0.341 e. The maximum Gasteiger partial charge on any atom is 0.239 e. The van der Waals surface area contributed by atoms with Gasteiger partial charge in [-0.05, 0) is 37.0 Å². The molecule has 1 aromatic carbocycles. The van der Waals surface area contributed by atoms with E-state index in [2.05, 4.69) is 19.2 Å². The van der Waals surface area contributed by atoms with E-state index in [1.165, 1.54) is 12.1 Å². The van der Waals surface area contributed by atoms with E-state index in [1.807, 2.05) is 4.90 Å². The van der Waals surface area contributed by atoms with E-state index in [0.717, 1.165) is 31.4 Å². The number of carbonyl (C=O) groups is 1. The van der Waals surface area contributed by atoms with E-state index < -0.39 is 0 Å². The summed E-state index contributed by atoms with van der Waals surface area (Å²) in [7, 11) is 0. The third-order valence-corrected chi connectivity index (χ3v) is 3.65. The van der Waals surface area contributed by atoms with Gasteiger partial charge in [0.1, 0.15) is 5.82 Å². The smallest absolute Gasteiger partial charge is 0.239 e. The number of piperidine rings is 1. The van der Waals surface area contributed by atoms with Crippen LogP contribution in [-0.2, 0) is 11.2 Å². The molecule has 0 radical (unpaired) electrons. The van der Waals surface area contributed by atoms with Gasteiger partial charge in [0, 0.05) is 19.1 Å². The van der Waals surface area contributed by atoms with E-state index in [0.29, 0.717) is 12.6 Å². The Balaban J connectivity index is 1.88. The zero-order valence-electron chi connectivity index (χ0n) is 12.2. The number of hydrogen-bond acceptors (Lipinski definition) is 2. The second-order valence-corrected chi connectivity index (χ2v) is 5.72. The standard InChI is InChI=1S/C16H23FN2O/c1-12(2)18-15-4-3-10-19(16(15)20)11-9-13-5-7-14(17)8-6-13/h5-8,12,15,18H,3-4,9-11H2,1-2H3. The molecule has 3 nitrogen and oxygen atoms in total. The predicted molar refractivity (Wildman–Crippen MR) is 78.0 cm³/mol. The van der Waals surface area contributed by atoms with Gasteiger partial charge in [0.25, 0.3) is 0 Å². The highest BCUT2D eigenvalue weighted by molar-refractivity contribution is 5.82. The molecule has 1 atom stereocenters. The maximum absolute atomic E-state index is 12.8. The zero-order chi connectivity index (χ0) is 14.5. The number of rotatable bonds is 5. The minimum absolute atomic E-state index is 0.0445. The summed E-state index contributed by atoms with van der Waals surface area (Å²) in [4.78, 5) is 14.3. The van der Waals surface area contributed by atoms with Crippen molar-refractivity contribution in [3.05, 3.63) is 35.6 Å². The number of nitrogens with zero attached hydrogens (tertiary/aromatic N) is 1. The Morgan fingerprint density at radius 3 is 2.70 bits per heavy atom. The molecule has 20 heavy (non-hydrogen) atoms. The summed E-state index contributed by atoms with van der Waals surface area (Å²) < 4.78 is 12.8. The average molecular weight is 278 g/mol. The van der Waals surface area contributed by atoms with Gasteiger partial charge in [-0.25, -0.2) is 4.39 Å². The molecule has 2 rings (SSSR count). The summed E-state index contributed by atoms with van der Waals surface area (Å²) in [5, 5.41) is 3.33. The van der Waals surface area contributed by atoms with Gasteiger partial charge in [-0.2, -0.15) is 0 Å². The van der Waals surface area contributed by atoms with E-state index in [1.54, 1.807) is 12.1 Å². The Kier molecular flexibility index (Phi) is 5.12. The second kappa shape index (κ2) is 6.84. The van der Waals surface area contributed by atoms with Crippen LogP contribution in [0.3, 0.4) is 0 Å². The number of carbonyl (C=O) groups excluding carboxylic acids is 1. The van der Waals surface area contributed by atoms with Gasteiger partial charge in [0.05, 0.1) is 6.04 Å². The number of hydrogen-bond donors (Lipinski definition) is 1. The van der Waals surface area contributed by atoms with Gasteiger partial charge in [0.2, 0.25) is 5.91 Å². The van der Waals surface area contributed by atoms with Gasteiger partial charge in [-0.15, -0.1) is 0 Å². The Morgan fingerprint density at radius 1 is 1.35 bits per heavy atom. The first-order valence-corrected chi connectivity index (χ1v) is 7.35. The third-order valence-electron chi connectivity index (χ3n) is 3.65. The second-order valence-electron chi connectivity index (χ2n) is 5.72. The molecule has 0 aliphatic carbocycles. The molecule has 1 aliphatic heterocycles. The topological polar surface area (TPSA) is 32.3 Å². The van der Waals surface area contributed by atoms with Crippen LogP contribution in [-0.4, -0.2) is 36.0 Å². The summed E-state index contributed by atoms with van der Waals surface area (Å²) >= 11 is 0. The molecule has 1 fully saturated rings. The van der Waals surface area contributed by atoms with Crippen LogP contribution in [0.1, 0.15) is 32.3 Å². The number of likely N-dealkylation sites (tertiary alicyclic amines) is 1. The van der Waals surface area contributed by atoms with Crippen molar-refractivity contribution < 1.29 is 9.18 Å². The van der Waals surface area contributed by atoms with E-state index in [4.69, 9.17) is 0 Å². The highest BCUT2D eigenvalue weighted by Crippen LogP contribution is 2.13. The van der Waals surface area contributed by atoms with E-state index in [-0.39, 0.29) is 17.8 Å². The monoisotopic (exact) mass is 278 g/mol. The van der Waals surface area contributed by atoms with Crippen molar-refractivity contribution in [3.63, 3.8) is 0 Å². The van der Waals surface area contributed by atoms with Crippen LogP contribution in [0.2, 0.25) is 0 Å². The molecule has 1 unspecified atom stereocenters. The van der Waals surface area contributed by atoms with Crippen LogP contribution in [0.4, 0.5) is 4.39 Å². The van der Waals surface area contributed by atoms with Gasteiger partial charge < -0.3 is 10.2 Å². The van der Waals surface area contributed by atoms with Gasteiger partial charge >= 0.3 is 0 Å². The first-order valence-electron chi connectivity index (χ1n) is 7.35. The van der Waals surface area contributed by atoms with Crippen LogP contribution < -0.4 is 5.32 Å². The molecule has 4 heteroatoms. The minimum Gasteiger partial charge on any atom is -0.341 e. The summed E-state index contributed by atoms with van der Waals surface area (Å²) in [6.07, 6.45) is 2.74. The molecule has 1 aliphatic rings. The molecular weight excluding hydrogens is 255 g/mol. The highest BCUT2D eigenvalue weighted by Gasteiger charge is 2.28. The Bertz CT molecular complexity index is 444. The van der Waals surface area contributed by atoms with E-state index >= 15 is 0 Å². The lowest BCUT2D eigenvalue weighted by Crippen LogP contribution is -2.52. The molecule has 110 valence electrons. The molecule has 0 bridgehead atoms. The van der Waals surface area contributed by atoms with Crippen molar-refractivity contribution in [2.75, 3.05) is 13.1 Å². The fourth-order valence-electron chi connectivity index (χ4n) is 2.63. The number of benzene rings is 1. The minimum atomic E-state index is -0.219. The molecule has 1 heterocycles. The van der Waals surface area contributed by atoms with Crippen molar-refractivity contribution in [1.82, 2.24) is 10.2 Å². The summed E-state index contributed by atoms with van der Waals surface area (Å²) in [5.41, 5.74) is 1.07. The van der Waals surface area contributed by atoms with Crippen LogP contribution in [0.5, 0.6) is 0 Å². The highest BCUT2D eigenvalue weighted by atomic mass is 19.1. The lowest BCUT2D eigenvalue weighted by molar-refractivity contribution is -0.136. The molecule has 0 saturated carbocycles. The fourth-order valence-corrected chi connectivity index (χ4v) is 2.63. The molecule has 0 aromatic heterocycles. The predicted octanol–water partition coefficient (Wildman–Crippen LogP) is 2.36. The summed E-state index contributed by atoms with van der Waals surface area (Å²) in [5.74, 6) is -0.0175. The maximum atomic E-state index is 12.8. The lowest BCUT2D eigenvalue weighted by atomic mass is 10.0. The van der Waals surface area contributed by atoms with Crippen LogP contribution >= 0.6 is 0 Å². The Hall–Kier alpha value is -1.42. The Morgan fingerprint density at radius 2 is 2.05 bits per heavy atom. The van der Waals surface area contributed by atoms with Crippen molar-refractivity contribution >= 4 is 5.91 Å². The number of nitrogens with one attached hydrogen (secondary N) is 1. The Labute approximate surface area is 120 Å².